The lowest BCUT2D eigenvalue weighted by atomic mass is 10.1. The van der Waals surface area contributed by atoms with Gasteiger partial charge in [-0.1, -0.05) is 58.1 Å². The Kier molecular flexibility index (Phi) is 4.27. The highest BCUT2D eigenvalue weighted by molar-refractivity contribution is 9.10. The number of benzene rings is 2. The van der Waals surface area contributed by atoms with E-state index in [0.29, 0.717) is 9.23 Å². The van der Waals surface area contributed by atoms with Crippen LogP contribution in [-0.4, -0.2) is 14.8 Å². The number of aromatic nitrogens is 1. The lowest BCUT2D eigenvalue weighted by Gasteiger charge is -2.14. The van der Waals surface area contributed by atoms with Gasteiger partial charge in [0.05, 0.1) is 10.6 Å². The molecule has 1 fully saturated rings. The number of rotatable bonds is 2. The summed E-state index contributed by atoms with van der Waals surface area (Å²) < 4.78 is 3.59. The van der Waals surface area contributed by atoms with Crippen LogP contribution in [0.4, 0.5) is 5.69 Å². The molecule has 3 nitrogen and oxygen atoms in total. The zero-order chi connectivity index (χ0) is 17.6. The maximum atomic E-state index is 12.9. The van der Waals surface area contributed by atoms with E-state index < -0.39 is 0 Å². The van der Waals surface area contributed by atoms with Crippen molar-refractivity contribution in [1.82, 2.24) is 4.57 Å². The number of hydrogen-bond donors (Lipinski definition) is 0. The Hall–Kier alpha value is -1.89. The number of hydrogen-bond acceptors (Lipinski definition) is 3. The Labute approximate surface area is 163 Å². The highest BCUT2D eigenvalue weighted by Crippen LogP contribution is 2.37. The van der Waals surface area contributed by atoms with E-state index in [-0.39, 0.29) is 5.91 Å². The molecule has 1 saturated heterocycles. The van der Waals surface area contributed by atoms with E-state index >= 15 is 0 Å². The van der Waals surface area contributed by atoms with E-state index in [1.165, 1.54) is 11.8 Å². The number of fused-ring (bicyclic) bond motifs is 1. The molecule has 2 aromatic carbocycles. The van der Waals surface area contributed by atoms with E-state index in [2.05, 4.69) is 32.6 Å². The molecule has 0 spiro atoms. The van der Waals surface area contributed by atoms with Crippen LogP contribution in [0.25, 0.3) is 17.0 Å². The molecule has 0 saturated carbocycles. The Balaban J connectivity index is 1.74. The fourth-order valence-electron chi connectivity index (χ4n) is 2.91. The number of thioether (sulfide) groups is 1. The van der Waals surface area contributed by atoms with Crippen LogP contribution >= 0.6 is 39.9 Å². The average Bonchev–Trinajstić information content (AvgIpc) is 3.06. The van der Waals surface area contributed by atoms with Crippen LogP contribution in [0.5, 0.6) is 0 Å². The van der Waals surface area contributed by atoms with Crippen LogP contribution < -0.4 is 4.90 Å². The Morgan fingerprint density at radius 1 is 1.12 bits per heavy atom. The van der Waals surface area contributed by atoms with E-state index in [1.807, 2.05) is 55.7 Å². The molecular formula is C19H13BrN2OS2. The minimum atomic E-state index is -0.0785. The minimum Gasteiger partial charge on any atom is -0.350 e. The highest BCUT2D eigenvalue weighted by atomic mass is 79.9. The molecule has 4 rings (SSSR count). The monoisotopic (exact) mass is 428 g/mol. The van der Waals surface area contributed by atoms with Crippen LogP contribution in [0, 0.1) is 0 Å². The summed E-state index contributed by atoms with van der Waals surface area (Å²) in [5, 5.41) is 1.12. The van der Waals surface area contributed by atoms with Gasteiger partial charge in [0.25, 0.3) is 5.91 Å². The number of carbonyl (C=O) groups excluding carboxylic acids is 1. The van der Waals surface area contributed by atoms with Crippen molar-refractivity contribution < 1.29 is 4.79 Å². The van der Waals surface area contributed by atoms with Crippen molar-refractivity contribution in [2.45, 2.75) is 0 Å². The zero-order valence-corrected chi connectivity index (χ0v) is 16.5. The first-order valence-electron chi connectivity index (χ1n) is 7.62. The number of thiocarbonyl (C=S) groups is 1. The molecule has 3 aromatic rings. The van der Waals surface area contributed by atoms with E-state index in [1.54, 1.807) is 4.90 Å². The van der Waals surface area contributed by atoms with Gasteiger partial charge in [-0.15, -0.1) is 0 Å². The summed E-state index contributed by atoms with van der Waals surface area (Å²) >= 11 is 10.2. The number of para-hydroxylation sites is 1. The fourth-order valence-corrected chi connectivity index (χ4v) is 4.46. The highest BCUT2D eigenvalue weighted by Gasteiger charge is 2.33. The van der Waals surface area contributed by atoms with Crippen LogP contribution in [0.15, 0.2) is 64.1 Å². The van der Waals surface area contributed by atoms with Crippen LogP contribution in [0.1, 0.15) is 5.56 Å². The molecule has 0 unspecified atom stereocenters. The van der Waals surface area contributed by atoms with Crippen LogP contribution in [-0.2, 0) is 11.8 Å². The summed E-state index contributed by atoms with van der Waals surface area (Å²) in [4.78, 5) is 15.1. The standard InChI is InChI=1S/C19H13BrN2OS2/c1-21-11-12(15-4-2-3-5-16(15)21)10-17-18(23)22(19(24)25-17)14-8-6-13(20)7-9-14/h2-11H,1H3/b17-10-. The molecule has 1 aliphatic heterocycles. The lowest BCUT2D eigenvalue weighted by Crippen LogP contribution is -2.27. The third-order valence-electron chi connectivity index (χ3n) is 4.09. The van der Waals surface area contributed by atoms with Gasteiger partial charge in [-0.25, -0.2) is 0 Å². The Morgan fingerprint density at radius 2 is 1.84 bits per heavy atom. The third-order valence-corrected chi connectivity index (χ3v) is 5.92. The van der Waals surface area contributed by atoms with E-state index in [4.69, 9.17) is 12.2 Å². The summed E-state index contributed by atoms with van der Waals surface area (Å²) in [6, 6.07) is 15.7. The van der Waals surface area contributed by atoms with Gasteiger partial charge in [0.1, 0.15) is 0 Å². The Morgan fingerprint density at radius 3 is 2.60 bits per heavy atom. The second-order valence-corrected chi connectivity index (χ2v) is 8.30. The molecule has 25 heavy (non-hydrogen) atoms. The van der Waals surface area contributed by atoms with E-state index in [0.717, 1.165) is 26.6 Å². The molecule has 0 radical (unpaired) electrons. The van der Waals surface area contributed by atoms with Crippen molar-refractivity contribution in [3.05, 3.63) is 69.7 Å². The topological polar surface area (TPSA) is 25.2 Å². The number of halogens is 1. The summed E-state index contributed by atoms with van der Waals surface area (Å²) in [6.07, 6.45) is 3.97. The molecule has 124 valence electrons. The molecule has 0 bridgehead atoms. The van der Waals surface area contributed by atoms with Gasteiger partial charge in [0, 0.05) is 34.2 Å². The molecule has 6 heteroatoms. The van der Waals surface area contributed by atoms with Crippen molar-refractivity contribution in [2.24, 2.45) is 7.05 Å². The minimum absolute atomic E-state index is 0.0785. The smallest absolute Gasteiger partial charge is 0.270 e. The zero-order valence-electron chi connectivity index (χ0n) is 13.3. The van der Waals surface area contributed by atoms with Gasteiger partial charge in [0.2, 0.25) is 0 Å². The van der Waals surface area contributed by atoms with Gasteiger partial charge in [-0.3, -0.25) is 9.69 Å². The predicted molar refractivity (Wildman–Crippen MR) is 113 cm³/mol. The Bertz CT molecular complexity index is 1040. The first-order chi connectivity index (χ1) is 12.0. The molecular weight excluding hydrogens is 416 g/mol. The van der Waals surface area contributed by atoms with Crippen LogP contribution in [0.3, 0.4) is 0 Å². The summed E-state index contributed by atoms with van der Waals surface area (Å²) in [5.74, 6) is -0.0785. The number of anilines is 1. The summed E-state index contributed by atoms with van der Waals surface area (Å²) in [6.45, 7) is 0. The van der Waals surface area contributed by atoms with Gasteiger partial charge >= 0.3 is 0 Å². The van der Waals surface area contributed by atoms with Crippen molar-refractivity contribution >= 4 is 72.8 Å². The maximum absolute atomic E-state index is 12.9. The molecule has 2 heterocycles. The van der Waals surface area contributed by atoms with E-state index in [9.17, 15) is 4.79 Å². The first kappa shape index (κ1) is 16.6. The summed E-state index contributed by atoms with van der Waals surface area (Å²) in [5.41, 5.74) is 2.94. The molecule has 0 atom stereocenters. The molecule has 0 N–H and O–H groups in total. The van der Waals surface area contributed by atoms with Gasteiger partial charge in [-0.2, -0.15) is 0 Å². The quantitative estimate of drug-likeness (QED) is 0.406. The fraction of sp³-hybridized carbons (Fsp3) is 0.0526. The average molecular weight is 429 g/mol. The number of amides is 1. The molecule has 1 amide bonds. The molecule has 0 aliphatic carbocycles. The number of aryl methyl sites for hydroxylation is 1. The lowest BCUT2D eigenvalue weighted by molar-refractivity contribution is -0.113. The van der Waals surface area contributed by atoms with Gasteiger partial charge in [-0.05, 0) is 36.4 Å². The molecule has 1 aromatic heterocycles. The van der Waals surface area contributed by atoms with Gasteiger partial charge < -0.3 is 4.57 Å². The largest absolute Gasteiger partial charge is 0.350 e. The number of nitrogens with zero attached hydrogens (tertiary/aromatic N) is 2. The first-order valence-corrected chi connectivity index (χ1v) is 9.64. The second kappa shape index (κ2) is 6.44. The normalized spacial score (nSPS) is 16.4. The third kappa shape index (κ3) is 2.94. The van der Waals surface area contributed by atoms with Crippen molar-refractivity contribution in [2.75, 3.05) is 4.90 Å². The number of carbonyl (C=O) groups is 1. The van der Waals surface area contributed by atoms with Crippen molar-refractivity contribution in [1.29, 1.82) is 0 Å². The second-order valence-electron chi connectivity index (χ2n) is 5.71. The predicted octanol–water partition coefficient (Wildman–Crippen LogP) is 5.35. The van der Waals surface area contributed by atoms with Gasteiger partial charge in [0.15, 0.2) is 4.32 Å². The maximum Gasteiger partial charge on any atom is 0.270 e. The summed E-state index contributed by atoms with van der Waals surface area (Å²) in [7, 11) is 2.01. The SMILES string of the molecule is Cn1cc(/C=C2\SC(=S)N(c3ccc(Br)cc3)C2=O)c2ccccc21. The molecule has 1 aliphatic rings. The van der Waals surface area contributed by atoms with Crippen molar-refractivity contribution in [3.63, 3.8) is 0 Å². The van der Waals surface area contributed by atoms with Crippen LogP contribution in [0.2, 0.25) is 0 Å². The van der Waals surface area contributed by atoms with Crippen molar-refractivity contribution in [3.8, 4) is 0 Å².